The van der Waals surface area contributed by atoms with E-state index < -0.39 is 12.6 Å². The Balaban J connectivity index is 2.18. The van der Waals surface area contributed by atoms with Crippen LogP contribution in [0.4, 0.5) is 24.5 Å². The lowest BCUT2D eigenvalue weighted by Crippen LogP contribution is -2.30. The third kappa shape index (κ3) is 2.51. The third-order valence-corrected chi connectivity index (χ3v) is 2.66. The second kappa shape index (κ2) is 3.94. The van der Waals surface area contributed by atoms with Crippen molar-refractivity contribution in [1.29, 1.82) is 0 Å². The van der Waals surface area contributed by atoms with Crippen molar-refractivity contribution in [2.75, 3.05) is 17.2 Å². The molecule has 0 aliphatic carbocycles. The molecule has 2 N–H and O–H groups in total. The highest BCUT2D eigenvalue weighted by Gasteiger charge is 2.32. The molecular formula is C11H11F3N2O. The summed E-state index contributed by atoms with van der Waals surface area (Å²) < 4.78 is 36.4. The van der Waals surface area contributed by atoms with Crippen LogP contribution in [-0.4, -0.2) is 18.6 Å². The van der Waals surface area contributed by atoms with Crippen molar-refractivity contribution in [3.8, 4) is 0 Å². The molecule has 1 aliphatic rings. The quantitative estimate of drug-likeness (QED) is 0.810. The molecule has 0 unspecified atom stereocenters. The number of amides is 1. The van der Waals surface area contributed by atoms with E-state index in [1.165, 1.54) is 4.90 Å². The average molecular weight is 244 g/mol. The smallest absolute Gasteiger partial charge is 0.390 e. The van der Waals surface area contributed by atoms with E-state index in [4.69, 9.17) is 5.73 Å². The zero-order chi connectivity index (χ0) is 12.6. The molecule has 1 aromatic rings. The minimum absolute atomic E-state index is 0.123. The molecule has 0 bridgehead atoms. The van der Waals surface area contributed by atoms with Crippen LogP contribution in [-0.2, 0) is 11.2 Å². The molecule has 6 heteroatoms. The van der Waals surface area contributed by atoms with Gasteiger partial charge in [0.2, 0.25) is 5.91 Å². The van der Waals surface area contributed by atoms with Gasteiger partial charge in [-0.05, 0) is 23.8 Å². The van der Waals surface area contributed by atoms with Gasteiger partial charge in [0.05, 0.1) is 12.8 Å². The summed E-state index contributed by atoms with van der Waals surface area (Å²) in [4.78, 5) is 12.7. The van der Waals surface area contributed by atoms with E-state index in [1.807, 2.05) is 0 Å². The zero-order valence-electron chi connectivity index (χ0n) is 8.92. The fourth-order valence-electron chi connectivity index (χ4n) is 1.89. The van der Waals surface area contributed by atoms with Gasteiger partial charge >= 0.3 is 6.18 Å². The van der Waals surface area contributed by atoms with Gasteiger partial charge in [0.25, 0.3) is 0 Å². The number of halogens is 3. The molecule has 17 heavy (non-hydrogen) atoms. The molecule has 1 aliphatic heterocycles. The molecule has 3 nitrogen and oxygen atoms in total. The van der Waals surface area contributed by atoms with Crippen LogP contribution in [0.25, 0.3) is 0 Å². The first kappa shape index (κ1) is 11.8. The van der Waals surface area contributed by atoms with Crippen LogP contribution in [0.2, 0.25) is 0 Å². The van der Waals surface area contributed by atoms with Crippen LogP contribution in [0.1, 0.15) is 12.0 Å². The van der Waals surface area contributed by atoms with Crippen molar-refractivity contribution < 1.29 is 18.0 Å². The van der Waals surface area contributed by atoms with Crippen molar-refractivity contribution in [1.82, 2.24) is 0 Å². The van der Waals surface area contributed by atoms with Crippen molar-refractivity contribution in [2.24, 2.45) is 0 Å². The molecule has 1 aromatic carbocycles. The topological polar surface area (TPSA) is 46.3 Å². The van der Waals surface area contributed by atoms with E-state index in [2.05, 4.69) is 0 Å². The lowest BCUT2D eigenvalue weighted by Gasteiger charge is -2.18. The lowest BCUT2D eigenvalue weighted by atomic mass is 10.1. The molecule has 2 rings (SSSR count). The Bertz CT molecular complexity index is 457. The molecule has 0 radical (unpaired) electrons. The second-order valence-corrected chi connectivity index (χ2v) is 3.98. The van der Waals surface area contributed by atoms with Gasteiger partial charge in [-0.2, -0.15) is 13.2 Å². The van der Waals surface area contributed by atoms with Crippen molar-refractivity contribution in [3.63, 3.8) is 0 Å². The molecule has 0 atom stereocenters. The molecule has 0 saturated carbocycles. The van der Waals surface area contributed by atoms with E-state index in [0.29, 0.717) is 16.9 Å². The Kier molecular flexibility index (Phi) is 2.73. The van der Waals surface area contributed by atoms with Crippen LogP contribution in [0.15, 0.2) is 18.2 Å². The van der Waals surface area contributed by atoms with Crippen molar-refractivity contribution >= 4 is 17.3 Å². The van der Waals surface area contributed by atoms with Crippen molar-refractivity contribution in [2.45, 2.75) is 19.0 Å². The minimum Gasteiger partial charge on any atom is -0.399 e. The number of hydrogen-bond acceptors (Lipinski definition) is 2. The first-order valence-electron chi connectivity index (χ1n) is 5.12. The Labute approximate surface area is 96.0 Å². The second-order valence-electron chi connectivity index (χ2n) is 3.98. The fraction of sp³-hybridized carbons (Fsp3) is 0.364. The largest absolute Gasteiger partial charge is 0.399 e. The zero-order valence-corrected chi connectivity index (χ0v) is 8.92. The predicted molar refractivity (Wildman–Crippen MR) is 57.6 cm³/mol. The summed E-state index contributed by atoms with van der Waals surface area (Å²) in [6.07, 6.45) is -5.13. The summed E-state index contributed by atoms with van der Waals surface area (Å²) in [6.45, 7) is -0.334. The maximum atomic E-state index is 12.1. The highest BCUT2D eigenvalue weighted by Crippen LogP contribution is 2.32. The maximum Gasteiger partial charge on any atom is 0.390 e. The standard InChI is InChI=1S/C11H11F3N2O/c12-11(13,14)3-4-16-9-2-1-8(15)5-7(9)6-10(16)17/h1-2,5H,3-4,6,15H2. The van der Waals surface area contributed by atoms with Crippen LogP contribution in [0.3, 0.4) is 0 Å². The number of carbonyl (C=O) groups excluding carboxylic acids is 1. The maximum absolute atomic E-state index is 12.1. The Hall–Kier alpha value is -1.72. The average Bonchev–Trinajstić information content (AvgIpc) is 2.48. The number of anilines is 2. The van der Waals surface area contributed by atoms with E-state index in [-0.39, 0.29) is 18.9 Å². The summed E-state index contributed by atoms with van der Waals surface area (Å²) >= 11 is 0. The Morgan fingerprint density at radius 2 is 2.06 bits per heavy atom. The lowest BCUT2D eigenvalue weighted by molar-refractivity contribution is -0.133. The van der Waals surface area contributed by atoms with E-state index >= 15 is 0 Å². The first-order valence-corrected chi connectivity index (χ1v) is 5.12. The number of nitrogens with zero attached hydrogens (tertiary/aromatic N) is 1. The van der Waals surface area contributed by atoms with Gasteiger partial charge in [0, 0.05) is 17.9 Å². The number of benzene rings is 1. The molecular weight excluding hydrogens is 233 g/mol. The SMILES string of the molecule is Nc1ccc2c(c1)CC(=O)N2CCC(F)(F)F. The van der Waals surface area contributed by atoms with Gasteiger partial charge in [-0.3, -0.25) is 4.79 Å². The van der Waals surface area contributed by atoms with Crippen LogP contribution >= 0.6 is 0 Å². The summed E-state index contributed by atoms with van der Waals surface area (Å²) in [5.41, 5.74) is 7.29. The molecule has 0 aromatic heterocycles. The summed E-state index contributed by atoms with van der Waals surface area (Å²) in [5.74, 6) is -0.310. The highest BCUT2D eigenvalue weighted by atomic mass is 19.4. The summed E-state index contributed by atoms with van der Waals surface area (Å²) in [5, 5.41) is 0. The van der Waals surface area contributed by atoms with Gasteiger partial charge in [-0.1, -0.05) is 0 Å². The number of nitrogens with two attached hydrogens (primary N) is 1. The molecule has 92 valence electrons. The molecule has 1 amide bonds. The Morgan fingerprint density at radius 1 is 1.35 bits per heavy atom. The summed E-state index contributed by atoms with van der Waals surface area (Å²) in [7, 11) is 0. The Morgan fingerprint density at radius 3 is 2.71 bits per heavy atom. The molecule has 0 fully saturated rings. The van der Waals surface area contributed by atoms with Gasteiger partial charge in [-0.25, -0.2) is 0 Å². The number of hydrogen-bond donors (Lipinski definition) is 1. The highest BCUT2D eigenvalue weighted by molar-refractivity contribution is 6.01. The number of carbonyl (C=O) groups is 1. The van der Waals surface area contributed by atoms with Crippen LogP contribution in [0.5, 0.6) is 0 Å². The van der Waals surface area contributed by atoms with E-state index in [9.17, 15) is 18.0 Å². The molecule has 0 spiro atoms. The fourth-order valence-corrected chi connectivity index (χ4v) is 1.89. The summed E-state index contributed by atoms with van der Waals surface area (Å²) in [6, 6.07) is 4.80. The monoisotopic (exact) mass is 244 g/mol. The molecule has 1 heterocycles. The van der Waals surface area contributed by atoms with Crippen LogP contribution < -0.4 is 10.6 Å². The van der Waals surface area contributed by atoms with E-state index in [0.717, 1.165) is 0 Å². The number of fused-ring (bicyclic) bond motifs is 1. The van der Waals surface area contributed by atoms with Crippen molar-refractivity contribution in [3.05, 3.63) is 23.8 Å². The van der Waals surface area contributed by atoms with Gasteiger partial charge in [0.1, 0.15) is 0 Å². The third-order valence-electron chi connectivity index (χ3n) is 2.66. The van der Waals surface area contributed by atoms with Gasteiger partial charge in [-0.15, -0.1) is 0 Å². The van der Waals surface area contributed by atoms with Gasteiger partial charge < -0.3 is 10.6 Å². The predicted octanol–water partition coefficient (Wildman–Crippen LogP) is 2.11. The first-order chi connectivity index (χ1) is 7.87. The normalized spacial score (nSPS) is 15.2. The van der Waals surface area contributed by atoms with Gasteiger partial charge in [0.15, 0.2) is 0 Å². The van der Waals surface area contributed by atoms with E-state index in [1.54, 1.807) is 18.2 Å². The number of rotatable bonds is 2. The number of alkyl halides is 3. The minimum atomic E-state index is -4.25. The number of nitrogen functional groups attached to an aromatic ring is 1. The van der Waals surface area contributed by atoms with Crippen LogP contribution in [0, 0.1) is 0 Å². The molecule has 0 saturated heterocycles.